The number of rotatable bonds is 6. The van der Waals surface area contributed by atoms with Gasteiger partial charge in [-0.15, -0.1) is 0 Å². The predicted molar refractivity (Wildman–Crippen MR) is 123 cm³/mol. The summed E-state index contributed by atoms with van der Waals surface area (Å²) in [6.45, 7) is 7.46. The van der Waals surface area contributed by atoms with Crippen LogP contribution in [0.2, 0.25) is 0 Å². The molecule has 4 rings (SSSR count). The average molecular weight is 445 g/mol. The number of carbonyl (C=O) groups excluding carboxylic acids is 2. The minimum atomic E-state index is -0.320. The maximum atomic E-state index is 13.1. The van der Waals surface area contributed by atoms with Crippen LogP contribution in [0, 0.1) is 11.7 Å². The quantitative estimate of drug-likeness (QED) is 0.733. The van der Waals surface area contributed by atoms with Crippen molar-refractivity contribution >= 4 is 11.8 Å². The van der Waals surface area contributed by atoms with E-state index in [1.54, 1.807) is 12.1 Å². The summed E-state index contributed by atoms with van der Waals surface area (Å²) in [4.78, 5) is 32.1. The van der Waals surface area contributed by atoms with Gasteiger partial charge in [-0.2, -0.15) is 0 Å². The Morgan fingerprint density at radius 3 is 2.19 bits per heavy atom. The zero-order valence-corrected chi connectivity index (χ0v) is 19.1. The topological polar surface area (TPSA) is 55.9 Å². The molecule has 7 heteroatoms. The highest BCUT2D eigenvalue weighted by Gasteiger charge is 2.31. The molecule has 3 aliphatic heterocycles. The SMILES string of the molecule is O=C(NCCN1CCCCC1)C1CCN(C2CCN(C(=O)c3ccc(F)cc3)CC2)CC1. The summed E-state index contributed by atoms with van der Waals surface area (Å²) in [5.74, 6) is 0.0249. The van der Waals surface area contributed by atoms with E-state index in [1.807, 2.05) is 4.90 Å². The molecule has 3 aliphatic rings. The molecule has 3 fully saturated rings. The van der Waals surface area contributed by atoms with Gasteiger partial charge in [0.2, 0.25) is 5.91 Å². The lowest BCUT2D eigenvalue weighted by molar-refractivity contribution is -0.126. The predicted octanol–water partition coefficient (Wildman–Crippen LogP) is 2.74. The lowest BCUT2D eigenvalue weighted by Crippen LogP contribution is -2.50. The third kappa shape index (κ3) is 6.07. The molecule has 6 nitrogen and oxygen atoms in total. The van der Waals surface area contributed by atoms with Gasteiger partial charge >= 0.3 is 0 Å². The van der Waals surface area contributed by atoms with Gasteiger partial charge < -0.3 is 20.0 Å². The number of carbonyl (C=O) groups is 2. The van der Waals surface area contributed by atoms with E-state index >= 15 is 0 Å². The van der Waals surface area contributed by atoms with Crippen LogP contribution in [0.1, 0.15) is 55.3 Å². The van der Waals surface area contributed by atoms with Gasteiger partial charge in [0, 0.05) is 43.7 Å². The molecule has 0 radical (unpaired) electrons. The highest BCUT2D eigenvalue weighted by molar-refractivity contribution is 5.94. The van der Waals surface area contributed by atoms with Crippen molar-refractivity contribution in [2.45, 2.75) is 51.0 Å². The minimum absolute atomic E-state index is 0.0108. The highest BCUT2D eigenvalue weighted by Crippen LogP contribution is 2.25. The first kappa shape index (κ1) is 23.2. The van der Waals surface area contributed by atoms with Crippen molar-refractivity contribution in [3.05, 3.63) is 35.6 Å². The second kappa shape index (κ2) is 11.2. The fraction of sp³-hybridized carbons (Fsp3) is 0.680. The summed E-state index contributed by atoms with van der Waals surface area (Å²) in [7, 11) is 0. The number of likely N-dealkylation sites (tertiary alicyclic amines) is 3. The monoisotopic (exact) mass is 444 g/mol. The van der Waals surface area contributed by atoms with E-state index in [1.165, 1.54) is 44.5 Å². The van der Waals surface area contributed by atoms with Crippen LogP contribution < -0.4 is 5.32 Å². The Morgan fingerprint density at radius 2 is 1.53 bits per heavy atom. The number of hydrogen-bond acceptors (Lipinski definition) is 4. The molecule has 0 saturated carbocycles. The number of nitrogens with zero attached hydrogens (tertiary/aromatic N) is 3. The second-order valence-corrected chi connectivity index (χ2v) is 9.53. The molecule has 0 aliphatic carbocycles. The summed E-state index contributed by atoms with van der Waals surface area (Å²) < 4.78 is 13.1. The van der Waals surface area contributed by atoms with E-state index in [2.05, 4.69) is 15.1 Å². The maximum Gasteiger partial charge on any atom is 0.253 e. The average Bonchev–Trinajstić information content (AvgIpc) is 2.85. The molecule has 1 aromatic rings. The van der Waals surface area contributed by atoms with Crippen LogP contribution in [0.5, 0.6) is 0 Å². The zero-order valence-electron chi connectivity index (χ0n) is 19.1. The van der Waals surface area contributed by atoms with Gasteiger partial charge in [-0.1, -0.05) is 6.42 Å². The summed E-state index contributed by atoms with van der Waals surface area (Å²) in [5.41, 5.74) is 0.553. The number of benzene rings is 1. The maximum absolute atomic E-state index is 13.1. The minimum Gasteiger partial charge on any atom is -0.355 e. The third-order valence-corrected chi connectivity index (χ3v) is 7.44. The van der Waals surface area contributed by atoms with E-state index < -0.39 is 0 Å². The van der Waals surface area contributed by atoms with E-state index in [-0.39, 0.29) is 23.5 Å². The Labute approximate surface area is 191 Å². The summed E-state index contributed by atoms with van der Waals surface area (Å²) in [5, 5.41) is 3.16. The van der Waals surface area contributed by atoms with Gasteiger partial charge in [0.1, 0.15) is 5.82 Å². The number of halogens is 1. The Bertz CT molecular complexity index is 750. The fourth-order valence-electron chi connectivity index (χ4n) is 5.40. The summed E-state index contributed by atoms with van der Waals surface area (Å²) in [6, 6.07) is 6.29. The molecule has 3 saturated heterocycles. The van der Waals surface area contributed by atoms with Crippen LogP contribution in [0.15, 0.2) is 24.3 Å². The highest BCUT2D eigenvalue weighted by atomic mass is 19.1. The van der Waals surface area contributed by atoms with Crippen LogP contribution >= 0.6 is 0 Å². The molecule has 32 heavy (non-hydrogen) atoms. The number of nitrogens with one attached hydrogen (secondary N) is 1. The molecule has 1 aromatic carbocycles. The molecular formula is C25H37FN4O2. The van der Waals surface area contributed by atoms with E-state index in [9.17, 15) is 14.0 Å². The Balaban J connectivity index is 1.14. The van der Waals surface area contributed by atoms with Crippen LogP contribution in [0.25, 0.3) is 0 Å². The van der Waals surface area contributed by atoms with Gasteiger partial charge in [-0.05, 0) is 89.0 Å². The number of hydrogen-bond donors (Lipinski definition) is 1. The molecule has 0 atom stereocenters. The van der Waals surface area contributed by atoms with Crippen molar-refractivity contribution in [2.75, 3.05) is 52.4 Å². The molecule has 0 bridgehead atoms. The standard InChI is InChI=1S/C25H37FN4O2/c26-22-6-4-21(5-7-22)25(32)30-17-10-23(11-18-30)29-15-8-20(9-16-29)24(31)27-12-19-28-13-2-1-3-14-28/h4-7,20,23H,1-3,8-19H2,(H,27,31). The van der Waals surface area contributed by atoms with Gasteiger partial charge in [-0.3, -0.25) is 9.59 Å². The van der Waals surface area contributed by atoms with Gasteiger partial charge in [0.05, 0.1) is 0 Å². The third-order valence-electron chi connectivity index (χ3n) is 7.44. The van der Waals surface area contributed by atoms with Crippen molar-refractivity contribution in [1.29, 1.82) is 0 Å². The molecule has 1 N–H and O–H groups in total. The first-order valence-electron chi connectivity index (χ1n) is 12.4. The van der Waals surface area contributed by atoms with Gasteiger partial charge in [0.25, 0.3) is 5.91 Å². The number of piperidine rings is 3. The molecule has 3 heterocycles. The summed E-state index contributed by atoms with van der Waals surface area (Å²) >= 11 is 0. The molecule has 176 valence electrons. The first-order chi connectivity index (χ1) is 15.6. The Morgan fingerprint density at radius 1 is 0.875 bits per heavy atom. The summed E-state index contributed by atoms with van der Waals surface area (Å²) in [6.07, 6.45) is 7.66. The largest absolute Gasteiger partial charge is 0.355 e. The van der Waals surface area contributed by atoms with Crippen molar-refractivity contribution in [2.24, 2.45) is 5.92 Å². The smallest absolute Gasteiger partial charge is 0.253 e. The zero-order chi connectivity index (χ0) is 22.3. The van der Waals surface area contributed by atoms with Crippen LogP contribution in [0.4, 0.5) is 4.39 Å². The normalized spacial score (nSPS) is 22.1. The van der Waals surface area contributed by atoms with Crippen LogP contribution in [-0.4, -0.2) is 84.9 Å². The van der Waals surface area contributed by atoms with E-state index in [4.69, 9.17) is 0 Å². The first-order valence-corrected chi connectivity index (χ1v) is 12.4. The number of amides is 2. The van der Waals surface area contributed by atoms with Crippen molar-refractivity contribution in [3.63, 3.8) is 0 Å². The Kier molecular flexibility index (Phi) is 8.14. The van der Waals surface area contributed by atoms with Crippen LogP contribution in [0.3, 0.4) is 0 Å². The molecule has 0 unspecified atom stereocenters. The second-order valence-electron chi connectivity index (χ2n) is 9.53. The van der Waals surface area contributed by atoms with Crippen molar-refractivity contribution in [1.82, 2.24) is 20.0 Å². The van der Waals surface area contributed by atoms with Crippen molar-refractivity contribution < 1.29 is 14.0 Å². The molecule has 2 amide bonds. The van der Waals surface area contributed by atoms with E-state index in [0.717, 1.165) is 65.0 Å². The molecular weight excluding hydrogens is 407 g/mol. The lowest BCUT2D eigenvalue weighted by atomic mass is 9.92. The van der Waals surface area contributed by atoms with Crippen LogP contribution in [-0.2, 0) is 4.79 Å². The fourth-order valence-corrected chi connectivity index (χ4v) is 5.40. The Hall–Kier alpha value is -1.99. The molecule has 0 spiro atoms. The van der Waals surface area contributed by atoms with Gasteiger partial charge in [0.15, 0.2) is 0 Å². The van der Waals surface area contributed by atoms with Crippen molar-refractivity contribution in [3.8, 4) is 0 Å². The van der Waals surface area contributed by atoms with E-state index in [0.29, 0.717) is 11.6 Å². The van der Waals surface area contributed by atoms with Gasteiger partial charge in [-0.25, -0.2) is 4.39 Å². The lowest BCUT2D eigenvalue weighted by Gasteiger charge is -2.41. The molecule has 0 aromatic heterocycles.